The van der Waals surface area contributed by atoms with Crippen molar-refractivity contribution in [3.05, 3.63) is 30.0 Å². The summed E-state index contributed by atoms with van der Waals surface area (Å²) in [4.78, 5) is 4.26. The molecule has 0 saturated heterocycles. The van der Waals surface area contributed by atoms with E-state index in [0.29, 0.717) is 24.1 Å². The molecule has 1 aliphatic carbocycles. The minimum absolute atomic E-state index is 0.0867. The quantitative estimate of drug-likeness (QED) is 0.879. The lowest BCUT2D eigenvalue weighted by Gasteiger charge is -2.17. The summed E-state index contributed by atoms with van der Waals surface area (Å²) in [6.07, 6.45) is 2.74. The molecular weight excluding hydrogens is 255 g/mol. The molecule has 20 heavy (non-hydrogen) atoms. The molecular formula is C15H15FN4. The number of nitriles is 1. The summed E-state index contributed by atoms with van der Waals surface area (Å²) in [5.41, 5.74) is 8.60. The van der Waals surface area contributed by atoms with E-state index >= 15 is 0 Å². The second-order valence-corrected chi connectivity index (χ2v) is 5.18. The van der Waals surface area contributed by atoms with E-state index in [1.54, 1.807) is 24.4 Å². The number of halogens is 1. The number of benzene rings is 1. The van der Waals surface area contributed by atoms with Gasteiger partial charge < -0.3 is 11.1 Å². The van der Waals surface area contributed by atoms with E-state index in [-0.39, 0.29) is 6.04 Å². The molecule has 1 unspecified atom stereocenters. The highest BCUT2D eigenvalue weighted by Gasteiger charge is 2.25. The van der Waals surface area contributed by atoms with Crippen molar-refractivity contribution in [2.45, 2.75) is 31.5 Å². The lowest BCUT2D eigenvalue weighted by Crippen LogP contribution is -2.17. The lowest BCUT2D eigenvalue weighted by atomic mass is 10.1. The smallest absolute Gasteiger partial charge is 0.102 e. The summed E-state index contributed by atoms with van der Waals surface area (Å²) in [5, 5.41) is 13.1. The molecule has 0 aliphatic heterocycles. The molecule has 3 N–H and O–H groups in total. The number of nitrogens with two attached hydrogens (primary N) is 1. The first kappa shape index (κ1) is 12.7. The van der Waals surface area contributed by atoms with Gasteiger partial charge in [-0.3, -0.25) is 4.98 Å². The number of nitrogens with zero attached hydrogens (tertiary/aromatic N) is 2. The van der Waals surface area contributed by atoms with Gasteiger partial charge in [-0.15, -0.1) is 0 Å². The molecule has 0 spiro atoms. The topological polar surface area (TPSA) is 74.7 Å². The largest absolute Gasteiger partial charge is 0.396 e. The molecule has 2 atom stereocenters. The third-order valence-corrected chi connectivity index (χ3v) is 3.74. The summed E-state index contributed by atoms with van der Waals surface area (Å²) in [6.45, 7) is 0. The molecule has 102 valence electrons. The molecule has 3 rings (SSSR count). The second kappa shape index (κ2) is 4.97. The van der Waals surface area contributed by atoms with Crippen LogP contribution in [-0.4, -0.2) is 17.2 Å². The fraction of sp³-hybridized carbons (Fsp3) is 0.333. The zero-order valence-corrected chi connectivity index (χ0v) is 10.9. The van der Waals surface area contributed by atoms with Crippen molar-refractivity contribution in [2.24, 2.45) is 0 Å². The number of anilines is 2. The number of rotatable bonds is 2. The highest BCUT2D eigenvalue weighted by atomic mass is 19.1. The molecule has 1 saturated carbocycles. The Bertz CT molecular complexity index is 692. The zero-order valence-electron chi connectivity index (χ0n) is 10.9. The highest BCUT2D eigenvalue weighted by molar-refractivity contribution is 5.97. The summed E-state index contributed by atoms with van der Waals surface area (Å²) in [5.74, 6) is 0. The monoisotopic (exact) mass is 270 g/mol. The molecule has 0 amide bonds. The Balaban J connectivity index is 2.03. The molecule has 1 fully saturated rings. The SMILES string of the molecule is N#Cc1ccc2ncc(N)c(NC3CC[C@@H](F)C3)c2c1. The van der Waals surface area contributed by atoms with E-state index in [9.17, 15) is 4.39 Å². The van der Waals surface area contributed by atoms with Crippen LogP contribution in [0.15, 0.2) is 24.4 Å². The summed E-state index contributed by atoms with van der Waals surface area (Å²) >= 11 is 0. The number of nitrogens with one attached hydrogen (secondary N) is 1. The molecule has 2 aromatic rings. The van der Waals surface area contributed by atoms with Crippen LogP contribution in [0.5, 0.6) is 0 Å². The minimum Gasteiger partial charge on any atom is -0.396 e. The van der Waals surface area contributed by atoms with Gasteiger partial charge in [-0.25, -0.2) is 4.39 Å². The molecule has 1 aliphatic rings. The first-order valence-electron chi connectivity index (χ1n) is 6.66. The maximum atomic E-state index is 13.3. The zero-order chi connectivity index (χ0) is 14.1. The third kappa shape index (κ3) is 2.25. The molecule has 1 aromatic carbocycles. The summed E-state index contributed by atoms with van der Waals surface area (Å²) < 4.78 is 13.3. The number of hydrogen-bond donors (Lipinski definition) is 2. The molecule has 5 heteroatoms. The van der Waals surface area contributed by atoms with Crippen molar-refractivity contribution in [2.75, 3.05) is 11.1 Å². The number of nitrogen functional groups attached to an aromatic ring is 1. The average molecular weight is 270 g/mol. The van der Waals surface area contributed by atoms with Crippen LogP contribution in [0.3, 0.4) is 0 Å². The van der Waals surface area contributed by atoms with Crippen molar-refractivity contribution in [1.82, 2.24) is 4.98 Å². The van der Waals surface area contributed by atoms with Crippen molar-refractivity contribution in [3.8, 4) is 6.07 Å². The van der Waals surface area contributed by atoms with Crippen LogP contribution in [0, 0.1) is 11.3 Å². The van der Waals surface area contributed by atoms with Crippen LogP contribution in [-0.2, 0) is 0 Å². The van der Waals surface area contributed by atoms with Crippen molar-refractivity contribution in [3.63, 3.8) is 0 Å². The maximum Gasteiger partial charge on any atom is 0.102 e. The average Bonchev–Trinajstić information content (AvgIpc) is 2.87. The lowest BCUT2D eigenvalue weighted by molar-refractivity contribution is 0.341. The van der Waals surface area contributed by atoms with Crippen molar-refractivity contribution in [1.29, 1.82) is 5.26 Å². The second-order valence-electron chi connectivity index (χ2n) is 5.18. The van der Waals surface area contributed by atoms with E-state index in [2.05, 4.69) is 16.4 Å². The fourth-order valence-electron chi connectivity index (χ4n) is 2.70. The number of fused-ring (bicyclic) bond motifs is 1. The summed E-state index contributed by atoms with van der Waals surface area (Å²) in [7, 11) is 0. The van der Waals surface area contributed by atoms with E-state index < -0.39 is 6.17 Å². The highest BCUT2D eigenvalue weighted by Crippen LogP contribution is 2.32. The third-order valence-electron chi connectivity index (χ3n) is 3.74. The van der Waals surface area contributed by atoms with E-state index in [1.165, 1.54) is 0 Å². The predicted molar refractivity (Wildman–Crippen MR) is 77.0 cm³/mol. The van der Waals surface area contributed by atoms with Crippen LogP contribution >= 0.6 is 0 Å². The Morgan fingerprint density at radius 3 is 2.95 bits per heavy atom. The Labute approximate surface area is 116 Å². The summed E-state index contributed by atoms with van der Waals surface area (Å²) in [6, 6.07) is 7.48. The van der Waals surface area contributed by atoms with Gasteiger partial charge in [0, 0.05) is 11.4 Å². The fourth-order valence-corrected chi connectivity index (χ4v) is 2.70. The van der Waals surface area contributed by atoms with Gasteiger partial charge in [0.05, 0.1) is 34.7 Å². The number of alkyl halides is 1. The first-order chi connectivity index (χ1) is 9.67. The Kier molecular flexibility index (Phi) is 3.15. The van der Waals surface area contributed by atoms with E-state index in [1.807, 2.05) is 0 Å². The van der Waals surface area contributed by atoms with Gasteiger partial charge in [0.1, 0.15) is 6.17 Å². The number of aromatic nitrogens is 1. The van der Waals surface area contributed by atoms with Crippen molar-refractivity contribution >= 4 is 22.3 Å². The Hall–Kier alpha value is -2.35. The molecule has 4 nitrogen and oxygen atoms in total. The van der Waals surface area contributed by atoms with E-state index in [4.69, 9.17) is 11.0 Å². The molecule has 1 heterocycles. The standard InChI is InChI=1S/C15H15FN4/c16-10-2-3-11(6-10)20-15-12-5-9(7-17)1-4-14(12)19-8-13(15)18/h1,4-5,8,10-11H,2-3,6,18H2,(H,19,20)/t10-,11?/m1/s1. The van der Waals surface area contributed by atoms with Crippen LogP contribution in [0.2, 0.25) is 0 Å². The normalized spacial score (nSPS) is 21.8. The maximum absolute atomic E-state index is 13.3. The number of hydrogen-bond acceptors (Lipinski definition) is 4. The van der Waals surface area contributed by atoms with Gasteiger partial charge in [-0.2, -0.15) is 5.26 Å². The van der Waals surface area contributed by atoms with Gasteiger partial charge in [0.2, 0.25) is 0 Å². The van der Waals surface area contributed by atoms with Gasteiger partial charge in [-0.1, -0.05) is 0 Å². The Morgan fingerprint density at radius 1 is 1.40 bits per heavy atom. The first-order valence-corrected chi connectivity index (χ1v) is 6.66. The van der Waals surface area contributed by atoms with E-state index in [0.717, 1.165) is 23.0 Å². The van der Waals surface area contributed by atoms with Gasteiger partial charge in [0.25, 0.3) is 0 Å². The van der Waals surface area contributed by atoms with Crippen LogP contribution in [0.1, 0.15) is 24.8 Å². The predicted octanol–water partition coefficient (Wildman–Crippen LogP) is 2.99. The van der Waals surface area contributed by atoms with Crippen LogP contribution < -0.4 is 11.1 Å². The van der Waals surface area contributed by atoms with Gasteiger partial charge in [0.15, 0.2) is 0 Å². The minimum atomic E-state index is -0.739. The van der Waals surface area contributed by atoms with Crippen molar-refractivity contribution < 1.29 is 4.39 Å². The molecule has 0 radical (unpaired) electrons. The van der Waals surface area contributed by atoms with Crippen LogP contribution in [0.4, 0.5) is 15.8 Å². The van der Waals surface area contributed by atoms with Gasteiger partial charge >= 0.3 is 0 Å². The Morgan fingerprint density at radius 2 is 2.25 bits per heavy atom. The van der Waals surface area contributed by atoms with Crippen LogP contribution in [0.25, 0.3) is 10.9 Å². The number of pyridine rings is 1. The molecule has 1 aromatic heterocycles. The van der Waals surface area contributed by atoms with Gasteiger partial charge in [-0.05, 0) is 37.5 Å². The molecule has 0 bridgehead atoms.